The maximum atomic E-state index is 13.1. The summed E-state index contributed by atoms with van der Waals surface area (Å²) in [6.07, 6.45) is -0.906. The zero-order valence-electron chi connectivity index (χ0n) is 11.6. The Morgan fingerprint density at radius 2 is 1.90 bits per heavy atom. The van der Waals surface area contributed by atoms with Crippen molar-refractivity contribution in [2.45, 2.75) is 12.0 Å². The summed E-state index contributed by atoms with van der Waals surface area (Å²) < 4.78 is 18.2. The molecule has 2 aromatic rings. The minimum absolute atomic E-state index is 0.189. The molecule has 0 aliphatic rings. The highest BCUT2D eigenvalue weighted by molar-refractivity contribution is 6.31. The molecule has 0 aliphatic heterocycles. The average Bonchev–Trinajstić information content (AvgIpc) is 2.48. The predicted octanol–water partition coefficient (Wildman–Crippen LogP) is 3.26. The molecule has 2 rings (SSSR count). The Bertz CT molecular complexity index is 604. The van der Waals surface area contributed by atoms with Crippen LogP contribution in [0.1, 0.15) is 23.1 Å². The number of aliphatic hydroxyl groups is 1. The van der Waals surface area contributed by atoms with E-state index in [0.717, 1.165) is 11.3 Å². The number of methoxy groups -OCH3 is 1. The van der Waals surface area contributed by atoms with Crippen LogP contribution < -0.4 is 10.5 Å². The standard InChI is InChI=1S/C16H17ClFNO2/c1-21-12-5-2-10(3-6-12)14(9-19)16(20)13-7-4-11(18)8-15(13)17/h2-8,14,16,20H,9,19H2,1H3. The van der Waals surface area contributed by atoms with Gasteiger partial charge >= 0.3 is 0 Å². The topological polar surface area (TPSA) is 55.5 Å². The molecule has 0 aliphatic carbocycles. The zero-order chi connectivity index (χ0) is 15.4. The number of ether oxygens (including phenoxy) is 1. The van der Waals surface area contributed by atoms with Gasteiger partial charge in [0.1, 0.15) is 11.6 Å². The van der Waals surface area contributed by atoms with Gasteiger partial charge in [-0.05, 0) is 35.4 Å². The second-order valence-corrected chi connectivity index (χ2v) is 5.13. The van der Waals surface area contributed by atoms with E-state index >= 15 is 0 Å². The van der Waals surface area contributed by atoms with Gasteiger partial charge in [-0.15, -0.1) is 0 Å². The van der Waals surface area contributed by atoms with Crippen molar-refractivity contribution in [3.05, 3.63) is 64.4 Å². The molecule has 0 bridgehead atoms. The highest BCUT2D eigenvalue weighted by Crippen LogP contribution is 2.34. The van der Waals surface area contributed by atoms with Crippen LogP contribution in [0, 0.1) is 5.82 Å². The molecule has 0 saturated heterocycles. The van der Waals surface area contributed by atoms with Crippen LogP contribution in [0.4, 0.5) is 4.39 Å². The third kappa shape index (κ3) is 3.53. The molecular weight excluding hydrogens is 293 g/mol. The summed E-state index contributed by atoms with van der Waals surface area (Å²) in [6.45, 7) is 0.237. The van der Waals surface area contributed by atoms with Crippen LogP contribution in [-0.2, 0) is 0 Å². The first kappa shape index (κ1) is 15.8. The number of nitrogens with two attached hydrogens (primary N) is 1. The van der Waals surface area contributed by atoms with Gasteiger partial charge in [-0.2, -0.15) is 0 Å². The Morgan fingerprint density at radius 3 is 2.43 bits per heavy atom. The lowest BCUT2D eigenvalue weighted by molar-refractivity contribution is 0.147. The average molecular weight is 310 g/mol. The predicted molar refractivity (Wildman–Crippen MR) is 81.2 cm³/mol. The largest absolute Gasteiger partial charge is 0.497 e. The van der Waals surface area contributed by atoms with Crippen LogP contribution in [0.15, 0.2) is 42.5 Å². The molecule has 0 radical (unpaired) electrons. The molecule has 2 unspecified atom stereocenters. The van der Waals surface area contributed by atoms with E-state index in [9.17, 15) is 9.50 Å². The molecule has 0 saturated carbocycles. The normalized spacial score (nSPS) is 13.8. The summed E-state index contributed by atoms with van der Waals surface area (Å²) in [7, 11) is 1.59. The van der Waals surface area contributed by atoms with Crippen molar-refractivity contribution >= 4 is 11.6 Å². The molecule has 0 spiro atoms. The van der Waals surface area contributed by atoms with Crippen molar-refractivity contribution in [1.29, 1.82) is 0 Å². The molecule has 0 heterocycles. The summed E-state index contributed by atoms with van der Waals surface area (Å²) in [5, 5.41) is 10.7. The maximum Gasteiger partial charge on any atom is 0.124 e. The molecule has 5 heteroatoms. The fourth-order valence-corrected chi connectivity index (χ4v) is 2.54. The monoisotopic (exact) mass is 309 g/mol. The Morgan fingerprint density at radius 1 is 1.24 bits per heavy atom. The highest BCUT2D eigenvalue weighted by atomic mass is 35.5. The molecule has 112 valence electrons. The van der Waals surface area contributed by atoms with E-state index in [1.807, 2.05) is 12.1 Å². The number of hydrogen-bond acceptors (Lipinski definition) is 3. The van der Waals surface area contributed by atoms with Crippen molar-refractivity contribution in [3.8, 4) is 5.75 Å². The van der Waals surface area contributed by atoms with E-state index in [0.29, 0.717) is 5.56 Å². The van der Waals surface area contributed by atoms with Crippen LogP contribution >= 0.6 is 11.6 Å². The number of halogens is 2. The highest BCUT2D eigenvalue weighted by Gasteiger charge is 2.23. The van der Waals surface area contributed by atoms with E-state index in [1.54, 1.807) is 19.2 Å². The fraction of sp³-hybridized carbons (Fsp3) is 0.250. The molecule has 0 fully saturated rings. The number of aliphatic hydroxyl groups excluding tert-OH is 1. The minimum Gasteiger partial charge on any atom is -0.497 e. The first-order valence-corrected chi connectivity index (χ1v) is 6.91. The Labute approximate surface area is 128 Å². The van der Waals surface area contributed by atoms with Crippen molar-refractivity contribution in [1.82, 2.24) is 0 Å². The third-order valence-electron chi connectivity index (χ3n) is 3.46. The first-order chi connectivity index (χ1) is 10.1. The van der Waals surface area contributed by atoms with Crippen LogP contribution in [0.5, 0.6) is 5.75 Å². The van der Waals surface area contributed by atoms with Gasteiger partial charge < -0.3 is 15.6 Å². The van der Waals surface area contributed by atoms with Crippen LogP contribution in [0.3, 0.4) is 0 Å². The smallest absolute Gasteiger partial charge is 0.124 e. The summed E-state index contributed by atoms with van der Waals surface area (Å²) in [4.78, 5) is 0. The molecule has 0 amide bonds. The summed E-state index contributed by atoms with van der Waals surface area (Å²) in [5.41, 5.74) is 7.11. The number of benzene rings is 2. The second-order valence-electron chi connectivity index (χ2n) is 4.73. The molecule has 3 nitrogen and oxygen atoms in total. The van der Waals surface area contributed by atoms with E-state index in [2.05, 4.69) is 0 Å². The van der Waals surface area contributed by atoms with Gasteiger partial charge in [-0.1, -0.05) is 29.8 Å². The molecule has 3 N–H and O–H groups in total. The van der Waals surface area contributed by atoms with Crippen LogP contribution in [0.25, 0.3) is 0 Å². The first-order valence-electron chi connectivity index (χ1n) is 6.54. The summed E-state index contributed by atoms with van der Waals surface area (Å²) in [5.74, 6) is -0.0487. The van der Waals surface area contributed by atoms with Crippen molar-refractivity contribution in [2.24, 2.45) is 5.73 Å². The number of rotatable bonds is 5. The van der Waals surface area contributed by atoms with Crippen molar-refractivity contribution < 1.29 is 14.2 Å². The van der Waals surface area contributed by atoms with Gasteiger partial charge in [0.15, 0.2) is 0 Å². The van der Waals surface area contributed by atoms with E-state index in [-0.39, 0.29) is 17.5 Å². The SMILES string of the molecule is COc1ccc(C(CN)C(O)c2ccc(F)cc2Cl)cc1. The molecule has 2 atom stereocenters. The van der Waals surface area contributed by atoms with E-state index in [1.165, 1.54) is 18.2 Å². The van der Waals surface area contributed by atoms with E-state index in [4.69, 9.17) is 22.1 Å². The minimum atomic E-state index is -0.906. The van der Waals surface area contributed by atoms with Gasteiger partial charge in [0.25, 0.3) is 0 Å². The lowest BCUT2D eigenvalue weighted by Crippen LogP contribution is -2.20. The fourth-order valence-electron chi connectivity index (χ4n) is 2.26. The van der Waals surface area contributed by atoms with Crippen molar-refractivity contribution in [2.75, 3.05) is 13.7 Å². The molecule has 21 heavy (non-hydrogen) atoms. The Kier molecular flexibility index (Phi) is 5.17. The Hall–Kier alpha value is -1.62. The van der Waals surface area contributed by atoms with Crippen LogP contribution in [0.2, 0.25) is 5.02 Å². The van der Waals surface area contributed by atoms with Gasteiger partial charge in [0.2, 0.25) is 0 Å². The van der Waals surface area contributed by atoms with Gasteiger partial charge in [-0.25, -0.2) is 4.39 Å². The summed E-state index contributed by atoms with van der Waals surface area (Å²) in [6, 6.07) is 11.2. The third-order valence-corrected chi connectivity index (χ3v) is 3.79. The molecular formula is C16H17ClFNO2. The molecule has 2 aromatic carbocycles. The maximum absolute atomic E-state index is 13.1. The second kappa shape index (κ2) is 6.89. The number of hydrogen-bond donors (Lipinski definition) is 2. The van der Waals surface area contributed by atoms with E-state index < -0.39 is 11.9 Å². The van der Waals surface area contributed by atoms with Gasteiger partial charge in [0, 0.05) is 17.5 Å². The van der Waals surface area contributed by atoms with Gasteiger partial charge in [-0.3, -0.25) is 0 Å². The Balaban J connectivity index is 2.30. The van der Waals surface area contributed by atoms with Crippen molar-refractivity contribution in [3.63, 3.8) is 0 Å². The quantitative estimate of drug-likeness (QED) is 0.891. The van der Waals surface area contributed by atoms with Gasteiger partial charge in [0.05, 0.1) is 13.2 Å². The summed E-state index contributed by atoms with van der Waals surface area (Å²) >= 11 is 6.00. The lowest BCUT2D eigenvalue weighted by atomic mass is 9.89. The van der Waals surface area contributed by atoms with Crippen LogP contribution in [-0.4, -0.2) is 18.8 Å². The lowest BCUT2D eigenvalue weighted by Gasteiger charge is -2.23. The molecule has 0 aromatic heterocycles. The zero-order valence-corrected chi connectivity index (χ0v) is 12.3.